The average Bonchev–Trinajstić information content (AvgIpc) is 3.32. The van der Waals surface area contributed by atoms with Gasteiger partial charge in [-0.25, -0.2) is 0 Å². The molecule has 0 saturated carbocycles. The molecule has 0 atom stereocenters. The molecule has 1 aliphatic heterocycles. The largest absolute Gasteiger partial charge is 0.497 e. The molecule has 0 bridgehead atoms. The van der Waals surface area contributed by atoms with E-state index in [1.807, 2.05) is 24.3 Å². The number of carbonyl (C=O) groups excluding carboxylic acids is 1. The highest BCUT2D eigenvalue weighted by Crippen LogP contribution is 2.20. The van der Waals surface area contributed by atoms with E-state index >= 15 is 0 Å². The molecule has 8 nitrogen and oxygen atoms in total. The summed E-state index contributed by atoms with van der Waals surface area (Å²) in [4.78, 5) is 20.9. The lowest BCUT2D eigenvalue weighted by molar-refractivity contribution is -0.127. The van der Waals surface area contributed by atoms with Gasteiger partial charge >= 0.3 is 6.61 Å². The van der Waals surface area contributed by atoms with Gasteiger partial charge in [0.1, 0.15) is 11.5 Å². The Morgan fingerprint density at radius 3 is 2.38 bits per heavy atom. The van der Waals surface area contributed by atoms with E-state index in [1.165, 1.54) is 18.2 Å². The van der Waals surface area contributed by atoms with Gasteiger partial charge in [-0.1, -0.05) is 17.3 Å². The number of methoxy groups -OCH3 is 1. The fourth-order valence-corrected chi connectivity index (χ4v) is 3.53. The van der Waals surface area contributed by atoms with E-state index in [4.69, 9.17) is 9.26 Å². The molecule has 1 aliphatic rings. The first-order valence-electron chi connectivity index (χ1n) is 10.7. The highest BCUT2D eigenvalue weighted by molar-refractivity contribution is 5.91. The third-order valence-corrected chi connectivity index (χ3v) is 5.38. The molecule has 3 aromatic rings. The molecule has 1 saturated heterocycles. The Labute approximate surface area is 195 Å². The fourth-order valence-electron chi connectivity index (χ4n) is 3.53. The van der Waals surface area contributed by atoms with Gasteiger partial charge in [-0.2, -0.15) is 13.8 Å². The SMILES string of the molecule is COc1ccc(-c2noc(CN3CCN(C(=O)/C=C/c4ccc(OC(F)F)cc4)CC3)n2)cc1. The number of hydrogen-bond acceptors (Lipinski definition) is 7. The lowest BCUT2D eigenvalue weighted by Crippen LogP contribution is -2.47. The van der Waals surface area contributed by atoms with Crippen LogP contribution in [0.4, 0.5) is 8.78 Å². The molecule has 2 aromatic carbocycles. The van der Waals surface area contributed by atoms with Crippen LogP contribution in [-0.4, -0.2) is 65.7 Å². The number of piperazine rings is 1. The Balaban J connectivity index is 1.25. The maximum absolute atomic E-state index is 12.5. The van der Waals surface area contributed by atoms with Crippen LogP contribution in [0.25, 0.3) is 17.5 Å². The first-order chi connectivity index (χ1) is 16.5. The molecule has 1 aromatic heterocycles. The Morgan fingerprint density at radius 2 is 1.74 bits per heavy atom. The van der Waals surface area contributed by atoms with Crippen molar-refractivity contribution in [2.45, 2.75) is 13.2 Å². The Kier molecular flexibility index (Phi) is 7.48. The number of rotatable bonds is 8. The zero-order valence-electron chi connectivity index (χ0n) is 18.6. The van der Waals surface area contributed by atoms with E-state index in [0.717, 1.165) is 16.9 Å². The molecule has 0 radical (unpaired) electrons. The lowest BCUT2D eigenvalue weighted by Gasteiger charge is -2.33. The molecule has 1 amide bonds. The second-order valence-corrected chi connectivity index (χ2v) is 7.62. The summed E-state index contributed by atoms with van der Waals surface area (Å²) in [5.41, 5.74) is 1.56. The summed E-state index contributed by atoms with van der Waals surface area (Å²) in [6.07, 6.45) is 3.14. The maximum Gasteiger partial charge on any atom is 0.387 e. The molecule has 2 heterocycles. The molecule has 0 aliphatic carbocycles. The molecule has 10 heteroatoms. The van der Waals surface area contributed by atoms with Crippen molar-refractivity contribution >= 4 is 12.0 Å². The van der Waals surface area contributed by atoms with E-state index in [9.17, 15) is 13.6 Å². The van der Waals surface area contributed by atoms with Gasteiger partial charge in [0.2, 0.25) is 17.6 Å². The number of nitrogens with zero attached hydrogens (tertiary/aromatic N) is 4. The summed E-state index contributed by atoms with van der Waals surface area (Å²) in [5.74, 6) is 1.77. The van der Waals surface area contributed by atoms with E-state index in [2.05, 4.69) is 19.8 Å². The van der Waals surface area contributed by atoms with Gasteiger partial charge in [0.25, 0.3) is 0 Å². The molecule has 0 spiro atoms. The predicted molar refractivity (Wildman–Crippen MR) is 120 cm³/mol. The van der Waals surface area contributed by atoms with Crippen LogP contribution in [0.5, 0.6) is 11.5 Å². The molecule has 178 valence electrons. The normalized spacial score (nSPS) is 14.6. The minimum Gasteiger partial charge on any atom is -0.497 e. The Morgan fingerprint density at radius 1 is 1.06 bits per heavy atom. The number of halogens is 2. The molecule has 34 heavy (non-hydrogen) atoms. The van der Waals surface area contributed by atoms with Crippen molar-refractivity contribution < 1.29 is 27.6 Å². The van der Waals surface area contributed by atoms with Crippen LogP contribution < -0.4 is 9.47 Å². The minimum atomic E-state index is -2.86. The number of alkyl halides is 2. The van der Waals surface area contributed by atoms with Crippen LogP contribution in [0, 0.1) is 0 Å². The summed E-state index contributed by atoms with van der Waals surface area (Å²) >= 11 is 0. The van der Waals surface area contributed by atoms with Gasteiger partial charge in [-0.3, -0.25) is 9.69 Å². The van der Waals surface area contributed by atoms with Gasteiger partial charge in [0.15, 0.2) is 0 Å². The number of ether oxygens (including phenoxy) is 2. The van der Waals surface area contributed by atoms with Crippen molar-refractivity contribution in [3.05, 3.63) is 66.1 Å². The van der Waals surface area contributed by atoms with Crippen LogP contribution in [0.15, 0.2) is 59.1 Å². The molecule has 0 unspecified atom stereocenters. The molecule has 0 N–H and O–H groups in total. The maximum atomic E-state index is 12.5. The minimum absolute atomic E-state index is 0.0759. The quantitative estimate of drug-likeness (QED) is 0.465. The zero-order valence-corrected chi connectivity index (χ0v) is 18.6. The summed E-state index contributed by atoms with van der Waals surface area (Å²) in [5, 5.41) is 4.05. The van der Waals surface area contributed by atoms with Crippen LogP contribution in [0.3, 0.4) is 0 Å². The number of benzene rings is 2. The average molecular weight is 470 g/mol. The monoisotopic (exact) mass is 470 g/mol. The van der Waals surface area contributed by atoms with Crippen molar-refractivity contribution in [2.24, 2.45) is 0 Å². The van der Waals surface area contributed by atoms with Crippen molar-refractivity contribution in [1.29, 1.82) is 0 Å². The standard InChI is InChI=1S/C24H24F2N4O4/c1-32-19-9-5-18(6-10-19)23-27-21(34-28-23)16-29-12-14-30(15-13-29)22(31)11-4-17-2-7-20(8-3-17)33-24(25)26/h2-11,24H,12-16H2,1H3/b11-4+. The third-order valence-electron chi connectivity index (χ3n) is 5.38. The third kappa shape index (κ3) is 6.16. The van der Waals surface area contributed by atoms with Crippen LogP contribution in [0.1, 0.15) is 11.5 Å². The first-order valence-corrected chi connectivity index (χ1v) is 10.7. The molecule has 4 rings (SSSR count). The second-order valence-electron chi connectivity index (χ2n) is 7.62. The lowest BCUT2D eigenvalue weighted by atomic mass is 10.2. The highest BCUT2D eigenvalue weighted by Gasteiger charge is 2.21. The van der Waals surface area contributed by atoms with Gasteiger partial charge in [0, 0.05) is 37.8 Å². The molecular weight excluding hydrogens is 446 g/mol. The van der Waals surface area contributed by atoms with E-state index < -0.39 is 6.61 Å². The fraction of sp³-hybridized carbons (Fsp3) is 0.292. The number of carbonyl (C=O) groups is 1. The smallest absolute Gasteiger partial charge is 0.387 e. The van der Waals surface area contributed by atoms with E-state index in [-0.39, 0.29) is 11.7 Å². The topological polar surface area (TPSA) is 80.9 Å². The number of amides is 1. The molecule has 1 fully saturated rings. The van der Waals surface area contributed by atoms with E-state index in [1.54, 1.807) is 30.2 Å². The van der Waals surface area contributed by atoms with Gasteiger partial charge in [-0.05, 0) is 48.0 Å². The van der Waals surface area contributed by atoms with Crippen molar-refractivity contribution in [2.75, 3.05) is 33.3 Å². The number of hydrogen-bond donors (Lipinski definition) is 0. The number of aromatic nitrogens is 2. The second kappa shape index (κ2) is 10.9. The summed E-state index contributed by atoms with van der Waals surface area (Å²) in [6, 6.07) is 13.5. The van der Waals surface area contributed by atoms with E-state index in [0.29, 0.717) is 44.4 Å². The highest BCUT2D eigenvalue weighted by atomic mass is 19.3. The van der Waals surface area contributed by atoms with Gasteiger partial charge in [0.05, 0.1) is 13.7 Å². The predicted octanol–water partition coefficient (Wildman–Crippen LogP) is 3.70. The van der Waals surface area contributed by atoms with Crippen molar-refractivity contribution in [3.63, 3.8) is 0 Å². The Bertz CT molecular complexity index is 1110. The van der Waals surface area contributed by atoms with Crippen LogP contribution in [0.2, 0.25) is 0 Å². The molecular formula is C24H24F2N4O4. The summed E-state index contributed by atoms with van der Waals surface area (Å²) in [6.45, 7) is 0.151. The van der Waals surface area contributed by atoms with Gasteiger partial charge in [-0.15, -0.1) is 0 Å². The van der Waals surface area contributed by atoms with Gasteiger partial charge < -0.3 is 18.9 Å². The van der Waals surface area contributed by atoms with Crippen LogP contribution >= 0.6 is 0 Å². The van der Waals surface area contributed by atoms with Crippen molar-refractivity contribution in [3.8, 4) is 22.9 Å². The zero-order chi connectivity index (χ0) is 23.9. The summed E-state index contributed by atoms with van der Waals surface area (Å²) < 4.78 is 39.3. The van der Waals surface area contributed by atoms with Crippen LogP contribution in [-0.2, 0) is 11.3 Å². The van der Waals surface area contributed by atoms with Crippen molar-refractivity contribution in [1.82, 2.24) is 19.9 Å². The Hall–Kier alpha value is -3.79. The first kappa shape index (κ1) is 23.4. The summed E-state index contributed by atoms with van der Waals surface area (Å²) in [7, 11) is 1.61.